The predicted octanol–water partition coefficient (Wildman–Crippen LogP) is 5.15. The summed E-state index contributed by atoms with van der Waals surface area (Å²) in [6.07, 6.45) is 1.86. The van der Waals surface area contributed by atoms with Crippen molar-refractivity contribution >= 4 is 23.2 Å². The van der Waals surface area contributed by atoms with Gasteiger partial charge in [-0.05, 0) is 48.2 Å². The molecule has 0 aliphatic heterocycles. The van der Waals surface area contributed by atoms with Crippen LogP contribution in [0.3, 0.4) is 0 Å². The van der Waals surface area contributed by atoms with Gasteiger partial charge in [-0.2, -0.15) is 0 Å². The van der Waals surface area contributed by atoms with E-state index in [-0.39, 0.29) is 11.2 Å². The number of hydrogen-bond donors (Lipinski definition) is 1. The van der Waals surface area contributed by atoms with E-state index in [1.54, 1.807) is 15.4 Å². The van der Waals surface area contributed by atoms with Gasteiger partial charge in [0.25, 0.3) is 6.33 Å². The Kier molecular flexibility index (Phi) is 5.67. The van der Waals surface area contributed by atoms with Gasteiger partial charge in [0.1, 0.15) is 23.2 Å². The molecule has 0 fully saturated rings. The number of aryl methyl sites for hydroxylation is 1. The molecule has 0 amide bonds. The second-order valence-electron chi connectivity index (χ2n) is 9.15. The van der Waals surface area contributed by atoms with E-state index in [0.717, 1.165) is 22.4 Å². The highest BCUT2D eigenvalue weighted by atomic mass is 35.5. The Morgan fingerprint density at radius 3 is 2.31 bits per heavy atom. The smallest absolute Gasteiger partial charge is 0.250 e. The zero-order valence-corrected chi connectivity index (χ0v) is 19.2. The Morgan fingerprint density at radius 1 is 1.00 bits per heavy atom. The lowest BCUT2D eigenvalue weighted by Gasteiger charge is -2.24. The van der Waals surface area contributed by atoms with Crippen LogP contribution in [0, 0.1) is 6.92 Å². The Bertz CT molecular complexity index is 1050. The van der Waals surface area contributed by atoms with Crippen molar-refractivity contribution < 1.29 is 9.79 Å². The van der Waals surface area contributed by atoms with Crippen molar-refractivity contribution in [2.45, 2.75) is 58.9 Å². The molecule has 0 aliphatic carbocycles. The third-order valence-electron chi connectivity index (χ3n) is 5.06. The van der Waals surface area contributed by atoms with Crippen LogP contribution in [0.25, 0.3) is 5.69 Å². The zero-order chi connectivity index (χ0) is 21.6. The number of hydrogen-bond acceptors (Lipinski definition) is 3. The van der Waals surface area contributed by atoms with Gasteiger partial charge in [-0.15, -0.1) is 4.68 Å². The topological polar surface area (TPSA) is 54.8 Å². The zero-order valence-electron chi connectivity index (χ0n) is 17.7. The van der Waals surface area contributed by atoms with Gasteiger partial charge in [-0.3, -0.25) is 0 Å². The maximum Gasteiger partial charge on any atom is 0.250 e. The van der Waals surface area contributed by atoms with Crippen molar-refractivity contribution in [2.75, 3.05) is 0 Å². The van der Waals surface area contributed by atoms with Crippen molar-refractivity contribution in [1.29, 1.82) is 0 Å². The number of nitrogens with zero attached hydrogens (tertiary/aromatic N) is 4. The highest BCUT2D eigenvalue weighted by Crippen LogP contribution is 2.36. The molecule has 1 heterocycles. The summed E-state index contributed by atoms with van der Waals surface area (Å²) in [5.41, 5.74) is 3.06. The van der Waals surface area contributed by atoms with Crippen LogP contribution in [0.2, 0.25) is 10.0 Å². The highest BCUT2D eigenvalue weighted by molar-refractivity contribution is 6.31. The first kappa shape index (κ1) is 21.6. The molecule has 3 aromatic rings. The first-order valence-electron chi connectivity index (χ1n) is 9.50. The average Bonchev–Trinajstić information content (AvgIpc) is 3.04. The van der Waals surface area contributed by atoms with Crippen molar-refractivity contribution in [3.05, 3.63) is 63.4 Å². The van der Waals surface area contributed by atoms with Crippen LogP contribution in [-0.2, 0) is 17.4 Å². The molecule has 5 nitrogen and oxygen atoms in total. The standard InChI is InChI=1S/C22H26Cl2N4O/c1-14-9-16(24)11-18(20(14)29)22(5,6)12-27-13-28(26-25-27)19-8-7-15(23)10-17(19)21(2,3)4/h7-11,13H,12H2,1-6H3/p+1. The fourth-order valence-electron chi connectivity index (χ4n) is 3.50. The van der Waals surface area contributed by atoms with Crippen LogP contribution in [0.5, 0.6) is 5.75 Å². The van der Waals surface area contributed by atoms with Gasteiger partial charge in [-0.1, -0.05) is 62.5 Å². The Labute approximate surface area is 181 Å². The van der Waals surface area contributed by atoms with Crippen LogP contribution in [0.4, 0.5) is 0 Å². The molecule has 2 aromatic carbocycles. The Morgan fingerprint density at radius 2 is 1.66 bits per heavy atom. The number of aromatic nitrogens is 4. The van der Waals surface area contributed by atoms with E-state index in [4.69, 9.17) is 23.2 Å². The molecule has 0 bridgehead atoms. The lowest BCUT2D eigenvalue weighted by Crippen LogP contribution is -2.44. The number of halogens is 2. The van der Waals surface area contributed by atoms with Crippen molar-refractivity contribution in [2.24, 2.45) is 0 Å². The largest absolute Gasteiger partial charge is 0.507 e. The van der Waals surface area contributed by atoms with Crippen LogP contribution in [0.1, 0.15) is 51.3 Å². The maximum absolute atomic E-state index is 10.5. The van der Waals surface area contributed by atoms with E-state index < -0.39 is 5.41 Å². The molecule has 0 radical (unpaired) electrons. The molecule has 1 aromatic heterocycles. The number of phenolic OH excluding ortho intramolecular Hbond substituents is 1. The summed E-state index contributed by atoms with van der Waals surface area (Å²) in [7, 11) is 0. The minimum atomic E-state index is -0.405. The molecule has 0 aliphatic rings. The summed E-state index contributed by atoms with van der Waals surface area (Å²) in [4.78, 5) is 0. The quantitative estimate of drug-likeness (QED) is 0.578. The summed E-state index contributed by atoms with van der Waals surface area (Å²) >= 11 is 12.5. The molecule has 0 spiro atoms. The molecule has 0 saturated heterocycles. The summed E-state index contributed by atoms with van der Waals surface area (Å²) in [5.74, 6) is 0.264. The van der Waals surface area contributed by atoms with E-state index in [1.165, 1.54) is 0 Å². The maximum atomic E-state index is 10.5. The predicted molar refractivity (Wildman–Crippen MR) is 116 cm³/mol. The number of benzene rings is 2. The van der Waals surface area contributed by atoms with E-state index in [0.29, 0.717) is 16.6 Å². The van der Waals surface area contributed by atoms with Crippen LogP contribution >= 0.6 is 23.2 Å². The van der Waals surface area contributed by atoms with Crippen molar-refractivity contribution in [3.63, 3.8) is 0 Å². The van der Waals surface area contributed by atoms with E-state index >= 15 is 0 Å². The van der Waals surface area contributed by atoms with Gasteiger partial charge >= 0.3 is 0 Å². The van der Waals surface area contributed by atoms with Gasteiger partial charge < -0.3 is 5.11 Å². The second kappa shape index (κ2) is 7.62. The fraction of sp³-hybridized carbons (Fsp3) is 0.409. The molecular weight excluding hydrogens is 407 g/mol. The molecule has 0 unspecified atom stereocenters. The first-order chi connectivity index (χ1) is 13.4. The number of rotatable bonds is 4. The summed E-state index contributed by atoms with van der Waals surface area (Å²) in [6, 6.07) is 9.36. The third kappa shape index (κ3) is 4.57. The molecule has 7 heteroatoms. The second-order valence-corrected chi connectivity index (χ2v) is 10.0. The fourth-order valence-corrected chi connectivity index (χ4v) is 3.94. The minimum absolute atomic E-state index is 0.0968. The molecular formula is C22H27Cl2N4O+. The Hall–Kier alpha value is -2.11. The lowest BCUT2D eigenvalue weighted by molar-refractivity contribution is -0.761. The molecule has 1 N–H and O–H groups in total. The van der Waals surface area contributed by atoms with Gasteiger partial charge in [-0.25, -0.2) is 0 Å². The average molecular weight is 434 g/mol. The third-order valence-corrected chi connectivity index (χ3v) is 5.51. The van der Waals surface area contributed by atoms with Crippen LogP contribution in [-0.4, -0.2) is 20.2 Å². The SMILES string of the molecule is Cc1cc(Cl)cc(C(C)(C)C[n+]2cn(-c3ccc(Cl)cc3C(C)(C)C)nn2)c1O. The van der Waals surface area contributed by atoms with Gasteiger partial charge in [0.15, 0.2) is 5.21 Å². The van der Waals surface area contributed by atoms with Crippen molar-refractivity contribution in [3.8, 4) is 11.4 Å². The summed E-state index contributed by atoms with van der Waals surface area (Å²) < 4.78 is 3.53. The number of aromatic hydroxyl groups is 1. The van der Waals surface area contributed by atoms with Crippen molar-refractivity contribution in [1.82, 2.24) is 15.1 Å². The van der Waals surface area contributed by atoms with Gasteiger partial charge in [0.2, 0.25) is 0 Å². The van der Waals surface area contributed by atoms with Crippen LogP contribution < -0.4 is 4.68 Å². The highest BCUT2D eigenvalue weighted by Gasteiger charge is 2.30. The number of phenols is 1. The molecule has 29 heavy (non-hydrogen) atoms. The minimum Gasteiger partial charge on any atom is -0.507 e. The molecule has 0 atom stereocenters. The molecule has 0 saturated carbocycles. The van der Waals surface area contributed by atoms with E-state index in [1.807, 2.05) is 51.4 Å². The van der Waals surface area contributed by atoms with E-state index in [9.17, 15) is 5.11 Å². The Balaban J connectivity index is 1.96. The lowest BCUT2D eigenvalue weighted by atomic mass is 9.83. The summed E-state index contributed by atoms with van der Waals surface area (Å²) in [5, 5.41) is 20.5. The van der Waals surface area contributed by atoms with Gasteiger partial charge in [0.05, 0.1) is 0 Å². The van der Waals surface area contributed by atoms with Crippen LogP contribution in [0.15, 0.2) is 36.7 Å². The molecule has 154 valence electrons. The monoisotopic (exact) mass is 433 g/mol. The van der Waals surface area contributed by atoms with E-state index in [2.05, 4.69) is 31.2 Å². The summed E-state index contributed by atoms with van der Waals surface area (Å²) in [6.45, 7) is 12.9. The normalized spacial score (nSPS) is 12.4. The first-order valence-corrected chi connectivity index (χ1v) is 10.3. The van der Waals surface area contributed by atoms with Gasteiger partial charge in [0, 0.05) is 26.6 Å². The molecule has 3 rings (SSSR count). The number of tetrazole rings is 1.